The maximum Gasteiger partial charge on any atom is 0.328 e. The third-order valence-electron chi connectivity index (χ3n) is 3.96. The smallest absolute Gasteiger partial charge is 0.293 e. The van der Waals surface area contributed by atoms with Gasteiger partial charge in [-0.25, -0.2) is 9.78 Å². The molecule has 1 saturated heterocycles. The van der Waals surface area contributed by atoms with E-state index < -0.39 is 6.03 Å². The summed E-state index contributed by atoms with van der Waals surface area (Å²) in [4.78, 5) is 29.5. The zero-order valence-corrected chi connectivity index (χ0v) is 11.9. The number of aromatic amines is 1. The Labute approximate surface area is 126 Å². The number of rotatable bonds is 3. The fraction of sp³-hybridized carbons (Fsp3) is 0.333. The zero-order valence-electron chi connectivity index (χ0n) is 11.9. The Hall–Kier alpha value is -2.70. The maximum absolute atomic E-state index is 12.1. The largest absolute Gasteiger partial charge is 0.328 e. The number of nitrogens with zero attached hydrogens (tertiary/aromatic N) is 3. The summed E-state index contributed by atoms with van der Waals surface area (Å²) >= 11 is 0. The summed E-state index contributed by atoms with van der Waals surface area (Å²) in [5.41, 5.74) is 1.50. The molecule has 0 atom stereocenters. The van der Waals surface area contributed by atoms with Gasteiger partial charge in [-0.2, -0.15) is 5.10 Å². The van der Waals surface area contributed by atoms with Crippen molar-refractivity contribution in [2.75, 3.05) is 11.4 Å². The van der Waals surface area contributed by atoms with Crippen molar-refractivity contribution in [1.82, 2.24) is 20.5 Å². The van der Waals surface area contributed by atoms with Crippen LogP contribution in [-0.2, 0) is 4.79 Å². The average Bonchev–Trinajstić information content (AvgIpc) is 3.25. The number of hydrogen-bond acceptors (Lipinski definition) is 4. The molecule has 0 bridgehead atoms. The first-order valence-corrected chi connectivity index (χ1v) is 7.35. The van der Waals surface area contributed by atoms with Gasteiger partial charge in [0.1, 0.15) is 5.82 Å². The predicted octanol–water partition coefficient (Wildman–Crippen LogP) is 1.80. The Balaban J connectivity index is 1.70. The number of para-hydroxylation sites is 1. The third kappa shape index (κ3) is 2.24. The second-order valence-corrected chi connectivity index (χ2v) is 5.59. The van der Waals surface area contributed by atoms with E-state index in [2.05, 4.69) is 20.5 Å². The molecule has 1 aliphatic heterocycles. The first-order chi connectivity index (χ1) is 10.7. The number of imide groups is 1. The van der Waals surface area contributed by atoms with Crippen LogP contribution in [0.4, 0.5) is 10.5 Å². The molecule has 0 spiro atoms. The molecule has 1 aromatic carbocycles. The van der Waals surface area contributed by atoms with E-state index in [-0.39, 0.29) is 5.91 Å². The van der Waals surface area contributed by atoms with Crippen molar-refractivity contribution in [2.24, 2.45) is 0 Å². The van der Waals surface area contributed by atoms with Gasteiger partial charge in [0.2, 0.25) is 5.91 Å². The highest BCUT2D eigenvalue weighted by atomic mass is 16.2. The Morgan fingerprint density at radius 3 is 2.77 bits per heavy atom. The van der Waals surface area contributed by atoms with Gasteiger partial charge in [-0.05, 0) is 25.0 Å². The molecule has 7 nitrogen and oxygen atoms in total. The van der Waals surface area contributed by atoms with Crippen molar-refractivity contribution in [3.8, 4) is 11.4 Å². The highest BCUT2D eigenvalue weighted by molar-refractivity contribution is 6.07. The van der Waals surface area contributed by atoms with Gasteiger partial charge in [0, 0.05) is 24.4 Å². The molecule has 2 fully saturated rings. The number of carbonyl (C=O) groups is 2. The number of nitrogens with one attached hydrogen (secondary N) is 2. The van der Waals surface area contributed by atoms with Crippen molar-refractivity contribution < 1.29 is 9.59 Å². The molecule has 1 aromatic heterocycles. The summed E-state index contributed by atoms with van der Waals surface area (Å²) in [5.74, 6) is 1.74. The highest BCUT2D eigenvalue weighted by Gasteiger charge is 2.29. The fourth-order valence-corrected chi connectivity index (χ4v) is 2.63. The van der Waals surface area contributed by atoms with E-state index in [1.54, 1.807) is 4.90 Å². The number of carbonyl (C=O) groups excluding carboxylic acids is 2. The molecule has 112 valence electrons. The van der Waals surface area contributed by atoms with E-state index in [4.69, 9.17) is 0 Å². The first kappa shape index (κ1) is 13.0. The van der Waals surface area contributed by atoms with Crippen LogP contribution in [0.25, 0.3) is 11.4 Å². The normalized spacial score (nSPS) is 18.5. The summed E-state index contributed by atoms with van der Waals surface area (Å²) in [5, 5.41) is 9.60. The number of benzene rings is 1. The van der Waals surface area contributed by atoms with Crippen LogP contribution in [0, 0.1) is 0 Å². The lowest BCUT2D eigenvalue weighted by Crippen LogP contribution is -2.49. The van der Waals surface area contributed by atoms with Crippen LogP contribution in [0.15, 0.2) is 24.3 Å². The Kier molecular flexibility index (Phi) is 2.92. The molecule has 4 rings (SSSR count). The second kappa shape index (κ2) is 4.94. The summed E-state index contributed by atoms with van der Waals surface area (Å²) in [6.45, 7) is 0.363. The van der Waals surface area contributed by atoms with E-state index in [1.165, 1.54) is 0 Å². The van der Waals surface area contributed by atoms with Gasteiger partial charge < -0.3 is 0 Å². The minimum atomic E-state index is -0.401. The van der Waals surface area contributed by atoms with Gasteiger partial charge in [0.15, 0.2) is 5.82 Å². The van der Waals surface area contributed by atoms with Crippen molar-refractivity contribution >= 4 is 17.6 Å². The lowest BCUT2D eigenvalue weighted by atomic mass is 10.1. The third-order valence-corrected chi connectivity index (χ3v) is 3.96. The molecule has 1 aliphatic carbocycles. The molecule has 3 amide bonds. The Bertz CT molecular complexity index is 750. The van der Waals surface area contributed by atoms with Gasteiger partial charge in [-0.15, -0.1) is 0 Å². The van der Waals surface area contributed by atoms with Crippen molar-refractivity contribution in [3.05, 3.63) is 30.1 Å². The quantitative estimate of drug-likeness (QED) is 0.903. The van der Waals surface area contributed by atoms with Crippen molar-refractivity contribution in [2.45, 2.75) is 25.2 Å². The molecule has 7 heteroatoms. The van der Waals surface area contributed by atoms with Gasteiger partial charge in [0.05, 0.1) is 5.69 Å². The number of hydrogen-bond donors (Lipinski definition) is 2. The average molecular weight is 297 g/mol. The van der Waals surface area contributed by atoms with Crippen LogP contribution in [0.2, 0.25) is 0 Å². The topological polar surface area (TPSA) is 91.0 Å². The lowest BCUT2D eigenvalue weighted by Gasteiger charge is -2.27. The summed E-state index contributed by atoms with van der Waals surface area (Å²) in [6, 6.07) is 7.08. The number of aromatic nitrogens is 3. The van der Waals surface area contributed by atoms with Crippen LogP contribution in [0.3, 0.4) is 0 Å². The standard InChI is InChI=1S/C15H15N5O2/c21-12-7-8-20(15(22)16-12)11-4-2-1-3-10(11)14-17-13(18-19-14)9-5-6-9/h1-4,9H,5-8H2,(H,16,21,22)(H,17,18,19). The van der Waals surface area contributed by atoms with E-state index in [1.807, 2.05) is 24.3 Å². The summed E-state index contributed by atoms with van der Waals surface area (Å²) in [6.07, 6.45) is 2.58. The monoisotopic (exact) mass is 297 g/mol. The highest BCUT2D eigenvalue weighted by Crippen LogP contribution is 2.39. The van der Waals surface area contributed by atoms with Crippen molar-refractivity contribution in [1.29, 1.82) is 0 Å². The molecular weight excluding hydrogens is 282 g/mol. The maximum atomic E-state index is 12.1. The van der Waals surface area contributed by atoms with Crippen LogP contribution < -0.4 is 10.2 Å². The summed E-state index contributed by atoms with van der Waals surface area (Å²) < 4.78 is 0. The Morgan fingerprint density at radius 2 is 2.00 bits per heavy atom. The predicted molar refractivity (Wildman–Crippen MR) is 79.3 cm³/mol. The van der Waals surface area contributed by atoms with E-state index in [0.29, 0.717) is 30.4 Å². The molecule has 22 heavy (non-hydrogen) atoms. The SMILES string of the molecule is O=C1CCN(c2ccccc2-c2n[nH]c(C3CC3)n2)C(=O)N1. The molecular formula is C15H15N5O2. The number of H-pyrrole nitrogens is 1. The number of urea groups is 1. The van der Waals surface area contributed by atoms with Gasteiger partial charge in [-0.1, -0.05) is 12.1 Å². The van der Waals surface area contributed by atoms with Gasteiger partial charge in [0.25, 0.3) is 0 Å². The van der Waals surface area contributed by atoms with E-state index in [9.17, 15) is 9.59 Å². The lowest BCUT2D eigenvalue weighted by molar-refractivity contribution is -0.120. The minimum Gasteiger partial charge on any atom is -0.293 e. The van der Waals surface area contributed by atoms with Crippen LogP contribution >= 0.6 is 0 Å². The molecule has 2 aromatic rings. The van der Waals surface area contributed by atoms with Crippen LogP contribution in [-0.4, -0.2) is 33.7 Å². The molecule has 0 unspecified atom stereocenters. The summed E-state index contributed by atoms with van der Waals surface area (Å²) in [7, 11) is 0. The number of amides is 3. The molecule has 0 radical (unpaired) electrons. The Morgan fingerprint density at radius 1 is 1.18 bits per heavy atom. The van der Waals surface area contributed by atoms with E-state index >= 15 is 0 Å². The van der Waals surface area contributed by atoms with Gasteiger partial charge in [-0.3, -0.25) is 20.1 Å². The molecule has 2 N–H and O–H groups in total. The van der Waals surface area contributed by atoms with Crippen LogP contribution in [0.5, 0.6) is 0 Å². The van der Waals surface area contributed by atoms with Gasteiger partial charge >= 0.3 is 6.03 Å². The minimum absolute atomic E-state index is 0.243. The zero-order chi connectivity index (χ0) is 15.1. The van der Waals surface area contributed by atoms with Crippen molar-refractivity contribution in [3.63, 3.8) is 0 Å². The number of anilines is 1. The van der Waals surface area contributed by atoms with Crippen LogP contribution in [0.1, 0.15) is 31.0 Å². The fourth-order valence-electron chi connectivity index (χ4n) is 2.63. The molecule has 2 heterocycles. The second-order valence-electron chi connectivity index (χ2n) is 5.59. The molecule has 1 saturated carbocycles. The first-order valence-electron chi connectivity index (χ1n) is 7.35. The van der Waals surface area contributed by atoms with E-state index in [0.717, 1.165) is 24.2 Å². The molecule has 2 aliphatic rings.